The van der Waals surface area contributed by atoms with Crippen LogP contribution >= 0.6 is 58.0 Å². The number of carbonyl (C=O) groups is 1. The first-order valence-corrected chi connectivity index (χ1v) is 12.8. The molecule has 192 valence electrons. The highest BCUT2D eigenvalue weighted by Crippen LogP contribution is 2.42. The van der Waals surface area contributed by atoms with Gasteiger partial charge in [-0.3, -0.25) is 4.79 Å². The number of hydrogen-bond donors (Lipinski definition) is 2. The van der Waals surface area contributed by atoms with Crippen molar-refractivity contribution >= 4 is 69.6 Å². The second-order valence-electron chi connectivity index (χ2n) is 8.37. The lowest BCUT2D eigenvalue weighted by Crippen LogP contribution is -2.39. The number of carbonyl (C=O) groups excluding carboxylic acids is 1. The molecule has 12 heteroatoms. The van der Waals surface area contributed by atoms with E-state index < -0.39 is 16.0 Å². The van der Waals surface area contributed by atoms with Gasteiger partial charge in [0.15, 0.2) is 11.4 Å². The Morgan fingerprint density at radius 3 is 2.25 bits per heavy atom. The Balaban J connectivity index is 1.60. The molecule has 1 saturated heterocycles. The predicted molar refractivity (Wildman–Crippen MR) is 141 cm³/mol. The molecule has 4 atom stereocenters. The third kappa shape index (κ3) is 6.29. The molecule has 0 aliphatic carbocycles. The molecule has 1 aromatic heterocycles. The average Bonchev–Trinajstić information content (AvgIpc) is 3.17. The fourth-order valence-electron chi connectivity index (χ4n) is 3.92. The first-order chi connectivity index (χ1) is 17.1. The Hall–Kier alpha value is -1.55. The number of halogens is 5. The third-order valence-corrected chi connectivity index (χ3v) is 7.22. The minimum atomic E-state index is -2.08. The van der Waals surface area contributed by atoms with Crippen LogP contribution in [0.5, 0.6) is 0 Å². The summed E-state index contributed by atoms with van der Waals surface area (Å²) in [6, 6.07) is 14.4. The SMILES string of the molecule is C[C@H]1[C@@H](Cn2cnc(Cl)c2Cl)O[C@@H](c2ccc(NC(=O)C(Cl)(Cl)Cl)cc2)O[C@H]1c1ccc(CO)cc1. The highest BCUT2D eigenvalue weighted by molar-refractivity contribution is 6.76. The average molecular weight is 594 g/mol. The van der Waals surface area contributed by atoms with Crippen molar-refractivity contribution in [2.75, 3.05) is 5.32 Å². The number of aliphatic hydroxyl groups excluding tert-OH is 1. The molecular formula is C24H22Cl5N3O4. The van der Waals surface area contributed by atoms with Gasteiger partial charge in [-0.05, 0) is 23.3 Å². The highest BCUT2D eigenvalue weighted by atomic mass is 35.6. The van der Waals surface area contributed by atoms with Crippen LogP contribution in [-0.4, -0.2) is 30.5 Å². The number of ether oxygens (including phenoxy) is 2. The van der Waals surface area contributed by atoms with Gasteiger partial charge in [0.05, 0.1) is 31.7 Å². The van der Waals surface area contributed by atoms with Crippen LogP contribution in [0.15, 0.2) is 54.9 Å². The van der Waals surface area contributed by atoms with E-state index in [0.717, 1.165) is 16.7 Å². The smallest absolute Gasteiger partial charge is 0.276 e. The zero-order valence-corrected chi connectivity index (χ0v) is 22.7. The molecule has 1 amide bonds. The standard InChI is InChI=1S/C24H22Cl5N3O4/c1-13-18(10-32-12-30-20(25)21(32)26)35-22(36-19(13)15-4-2-14(11-33)3-5-15)16-6-8-17(9-7-16)31-23(34)24(27,28)29/h2-9,12-13,18-19,22,33H,10-11H2,1H3,(H,31,34)/t13-,18+,19+,22+/m0/s1. The summed E-state index contributed by atoms with van der Waals surface area (Å²) in [5.74, 6) is -0.831. The summed E-state index contributed by atoms with van der Waals surface area (Å²) in [7, 11) is 0. The van der Waals surface area contributed by atoms with Gasteiger partial charge in [0.25, 0.3) is 9.70 Å². The van der Waals surface area contributed by atoms with Gasteiger partial charge in [-0.2, -0.15) is 0 Å². The van der Waals surface area contributed by atoms with Crippen LogP contribution in [0.3, 0.4) is 0 Å². The summed E-state index contributed by atoms with van der Waals surface area (Å²) in [5, 5.41) is 12.5. The number of imidazole rings is 1. The van der Waals surface area contributed by atoms with Crippen LogP contribution in [0.2, 0.25) is 10.3 Å². The second-order valence-corrected chi connectivity index (χ2v) is 11.4. The summed E-state index contributed by atoms with van der Waals surface area (Å²) in [5.41, 5.74) is 2.93. The molecule has 2 N–H and O–H groups in total. The van der Waals surface area contributed by atoms with Crippen LogP contribution in [0.25, 0.3) is 0 Å². The van der Waals surface area contributed by atoms with E-state index in [1.807, 2.05) is 31.2 Å². The van der Waals surface area contributed by atoms with E-state index in [1.54, 1.807) is 35.2 Å². The molecule has 3 aromatic rings. The molecule has 4 rings (SSSR count). The van der Waals surface area contributed by atoms with Gasteiger partial charge < -0.3 is 24.5 Å². The number of benzene rings is 2. The number of anilines is 1. The van der Waals surface area contributed by atoms with Crippen molar-refractivity contribution in [1.29, 1.82) is 0 Å². The molecule has 0 spiro atoms. The van der Waals surface area contributed by atoms with Crippen LogP contribution in [-0.2, 0) is 27.4 Å². The van der Waals surface area contributed by atoms with Gasteiger partial charge in [-0.1, -0.05) is 101 Å². The Morgan fingerprint density at radius 2 is 1.69 bits per heavy atom. The fourth-order valence-corrected chi connectivity index (χ4v) is 4.37. The van der Waals surface area contributed by atoms with Gasteiger partial charge in [0, 0.05) is 17.2 Å². The van der Waals surface area contributed by atoms with E-state index in [0.29, 0.717) is 17.4 Å². The molecule has 0 saturated carbocycles. The van der Waals surface area contributed by atoms with Crippen molar-refractivity contribution < 1.29 is 19.4 Å². The minimum Gasteiger partial charge on any atom is -0.392 e. The summed E-state index contributed by atoms with van der Waals surface area (Å²) in [4.78, 5) is 16.0. The van der Waals surface area contributed by atoms with E-state index in [2.05, 4.69) is 10.3 Å². The number of aromatic nitrogens is 2. The summed E-state index contributed by atoms with van der Waals surface area (Å²) in [6.07, 6.45) is 0.225. The maximum absolute atomic E-state index is 11.9. The molecule has 7 nitrogen and oxygen atoms in total. The summed E-state index contributed by atoms with van der Waals surface area (Å²) >= 11 is 29.2. The molecule has 2 aromatic carbocycles. The van der Waals surface area contributed by atoms with Crippen LogP contribution < -0.4 is 5.32 Å². The lowest BCUT2D eigenvalue weighted by molar-refractivity contribution is -0.276. The van der Waals surface area contributed by atoms with Crippen molar-refractivity contribution in [3.05, 3.63) is 81.9 Å². The largest absolute Gasteiger partial charge is 0.392 e. The number of rotatable bonds is 6. The van der Waals surface area contributed by atoms with Gasteiger partial charge in [-0.15, -0.1) is 0 Å². The molecular weight excluding hydrogens is 572 g/mol. The Bertz CT molecular complexity index is 1200. The van der Waals surface area contributed by atoms with Crippen LogP contribution in [0.4, 0.5) is 5.69 Å². The van der Waals surface area contributed by atoms with E-state index in [1.165, 1.54) is 0 Å². The van der Waals surface area contributed by atoms with Crippen molar-refractivity contribution in [1.82, 2.24) is 9.55 Å². The minimum absolute atomic E-state index is 0.0449. The van der Waals surface area contributed by atoms with E-state index in [-0.39, 0.29) is 29.9 Å². The number of alkyl halides is 3. The van der Waals surface area contributed by atoms with Crippen LogP contribution in [0.1, 0.15) is 36.0 Å². The van der Waals surface area contributed by atoms with Gasteiger partial charge in [-0.25, -0.2) is 4.98 Å². The number of hydrogen-bond acceptors (Lipinski definition) is 5. The molecule has 36 heavy (non-hydrogen) atoms. The fraction of sp³-hybridized carbons (Fsp3) is 0.333. The van der Waals surface area contributed by atoms with Crippen molar-refractivity contribution in [2.24, 2.45) is 5.92 Å². The van der Waals surface area contributed by atoms with Gasteiger partial charge in [0.2, 0.25) is 0 Å². The molecule has 1 aliphatic heterocycles. The van der Waals surface area contributed by atoms with Crippen molar-refractivity contribution in [2.45, 2.75) is 42.4 Å². The second kappa shape index (κ2) is 11.5. The van der Waals surface area contributed by atoms with Crippen molar-refractivity contribution in [3.63, 3.8) is 0 Å². The number of nitrogens with one attached hydrogen (secondary N) is 1. The maximum Gasteiger partial charge on any atom is 0.276 e. The molecule has 2 heterocycles. The molecule has 0 unspecified atom stereocenters. The summed E-state index contributed by atoms with van der Waals surface area (Å²) < 4.78 is 12.4. The first-order valence-electron chi connectivity index (χ1n) is 10.9. The molecule has 1 fully saturated rings. The molecule has 0 bridgehead atoms. The third-order valence-electron chi connectivity index (χ3n) is 5.93. The zero-order chi connectivity index (χ0) is 26.0. The van der Waals surface area contributed by atoms with E-state index in [9.17, 15) is 9.90 Å². The monoisotopic (exact) mass is 591 g/mol. The van der Waals surface area contributed by atoms with Gasteiger partial charge >= 0.3 is 0 Å². The van der Waals surface area contributed by atoms with Gasteiger partial charge in [0.1, 0.15) is 5.15 Å². The topological polar surface area (TPSA) is 85.6 Å². The first kappa shape index (κ1) is 27.5. The van der Waals surface area contributed by atoms with Crippen molar-refractivity contribution in [3.8, 4) is 0 Å². The molecule has 1 aliphatic rings. The molecule has 0 radical (unpaired) electrons. The lowest BCUT2D eigenvalue weighted by atomic mass is 9.90. The lowest BCUT2D eigenvalue weighted by Gasteiger charge is -2.41. The Morgan fingerprint density at radius 1 is 1.06 bits per heavy atom. The van der Waals surface area contributed by atoms with Crippen LogP contribution in [0, 0.1) is 5.92 Å². The highest BCUT2D eigenvalue weighted by Gasteiger charge is 2.39. The normalized spacial score (nSPS) is 22.4. The number of nitrogens with zero attached hydrogens (tertiary/aromatic N) is 2. The maximum atomic E-state index is 11.9. The summed E-state index contributed by atoms with van der Waals surface area (Å²) in [6.45, 7) is 2.40. The van der Waals surface area contributed by atoms with E-state index in [4.69, 9.17) is 67.5 Å². The zero-order valence-electron chi connectivity index (χ0n) is 18.9. The predicted octanol–water partition coefficient (Wildman–Crippen LogP) is 6.48. The Kier molecular flexibility index (Phi) is 8.75. The number of amides is 1. The Labute approximate surface area is 233 Å². The quantitative estimate of drug-likeness (QED) is 0.320. The van der Waals surface area contributed by atoms with E-state index >= 15 is 0 Å². The number of aliphatic hydroxyl groups is 1.